The van der Waals surface area contributed by atoms with E-state index in [2.05, 4.69) is 5.32 Å². The molecule has 124 valence electrons. The van der Waals surface area contributed by atoms with Crippen LogP contribution in [0.3, 0.4) is 0 Å². The molecule has 2 rings (SSSR count). The van der Waals surface area contributed by atoms with E-state index < -0.39 is 23.9 Å². The highest BCUT2D eigenvalue weighted by molar-refractivity contribution is 5.97. The smallest absolute Gasteiger partial charge is 0.335 e. The minimum absolute atomic E-state index is 0.0328. The fourth-order valence-corrected chi connectivity index (χ4v) is 2.07. The van der Waals surface area contributed by atoms with E-state index >= 15 is 0 Å². The molecule has 0 aliphatic rings. The number of nitrogens with one attached hydrogen (secondary N) is 1. The quantitative estimate of drug-likeness (QED) is 0.637. The van der Waals surface area contributed by atoms with Gasteiger partial charge in [-0.05, 0) is 42.0 Å². The Bertz CT molecular complexity index is 752. The highest BCUT2D eigenvalue weighted by Gasteiger charge is 2.21. The lowest BCUT2D eigenvalue weighted by Crippen LogP contribution is -2.42. The summed E-state index contributed by atoms with van der Waals surface area (Å²) in [4.78, 5) is 34.2. The first-order valence-electron chi connectivity index (χ1n) is 7.02. The third-order valence-electron chi connectivity index (χ3n) is 3.37. The van der Waals surface area contributed by atoms with Crippen molar-refractivity contribution in [2.24, 2.45) is 0 Å². The van der Waals surface area contributed by atoms with Crippen LogP contribution in [0.25, 0.3) is 0 Å². The summed E-state index contributed by atoms with van der Waals surface area (Å²) in [5, 5.41) is 29.7. The molecular weight excluding hydrogens is 314 g/mol. The first-order chi connectivity index (χ1) is 11.4. The molecule has 7 nitrogen and oxygen atoms in total. The minimum atomic E-state index is -1.20. The summed E-state index contributed by atoms with van der Waals surface area (Å²) >= 11 is 0. The summed E-state index contributed by atoms with van der Waals surface area (Å²) in [5.41, 5.74) is 0.837. The van der Waals surface area contributed by atoms with Crippen molar-refractivity contribution in [2.75, 3.05) is 0 Å². The van der Waals surface area contributed by atoms with Gasteiger partial charge in [-0.1, -0.05) is 12.1 Å². The molecule has 4 N–H and O–H groups in total. The monoisotopic (exact) mass is 329 g/mol. The van der Waals surface area contributed by atoms with Crippen molar-refractivity contribution in [3.8, 4) is 5.75 Å². The average molecular weight is 329 g/mol. The van der Waals surface area contributed by atoms with Crippen molar-refractivity contribution in [1.29, 1.82) is 0 Å². The number of carboxylic acids is 2. The van der Waals surface area contributed by atoms with E-state index in [-0.39, 0.29) is 23.3 Å². The third-order valence-corrected chi connectivity index (χ3v) is 3.37. The van der Waals surface area contributed by atoms with Gasteiger partial charge in [0.2, 0.25) is 0 Å². The van der Waals surface area contributed by atoms with E-state index in [4.69, 9.17) is 5.11 Å². The molecule has 0 spiro atoms. The number of hydrogen-bond acceptors (Lipinski definition) is 4. The number of phenolic OH excluding ortho intramolecular Hbond substituents is 1. The van der Waals surface area contributed by atoms with Crippen LogP contribution in [0.5, 0.6) is 5.75 Å². The highest BCUT2D eigenvalue weighted by Crippen LogP contribution is 2.12. The minimum Gasteiger partial charge on any atom is -0.508 e. The van der Waals surface area contributed by atoms with Gasteiger partial charge in [-0.3, -0.25) is 4.79 Å². The third kappa shape index (κ3) is 4.33. The van der Waals surface area contributed by atoms with Crippen LogP contribution in [0.1, 0.15) is 26.3 Å². The molecule has 0 aliphatic heterocycles. The fourth-order valence-electron chi connectivity index (χ4n) is 2.07. The van der Waals surface area contributed by atoms with E-state index in [1.54, 1.807) is 12.1 Å². The molecule has 0 fully saturated rings. The average Bonchev–Trinajstić information content (AvgIpc) is 2.56. The molecule has 0 heterocycles. The van der Waals surface area contributed by atoms with Crippen LogP contribution >= 0.6 is 0 Å². The van der Waals surface area contributed by atoms with Crippen molar-refractivity contribution in [2.45, 2.75) is 12.5 Å². The van der Waals surface area contributed by atoms with Gasteiger partial charge in [0, 0.05) is 12.0 Å². The normalized spacial score (nSPS) is 11.5. The number of aliphatic carboxylic acids is 1. The first kappa shape index (κ1) is 17.0. The molecule has 0 unspecified atom stereocenters. The zero-order valence-corrected chi connectivity index (χ0v) is 12.5. The second-order valence-electron chi connectivity index (χ2n) is 5.12. The number of aromatic carboxylic acids is 1. The van der Waals surface area contributed by atoms with E-state index in [0.717, 1.165) is 0 Å². The number of hydrogen-bond donors (Lipinski definition) is 4. The summed E-state index contributed by atoms with van der Waals surface area (Å²) in [5.74, 6) is -2.86. The van der Waals surface area contributed by atoms with Gasteiger partial charge in [0.15, 0.2) is 0 Å². The first-order valence-corrected chi connectivity index (χ1v) is 7.02. The van der Waals surface area contributed by atoms with Crippen LogP contribution in [-0.2, 0) is 11.2 Å². The maximum absolute atomic E-state index is 12.1. The van der Waals surface area contributed by atoms with Gasteiger partial charge >= 0.3 is 11.9 Å². The molecule has 1 amide bonds. The van der Waals surface area contributed by atoms with E-state index in [1.807, 2.05) is 0 Å². The van der Waals surface area contributed by atoms with E-state index in [1.165, 1.54) is 36.4 Å². The molecule has 0 saturated carbocycles. The van der Waals surface area contributed by atoms with Crippen molar-refractivity contribution >= 4 is 17.8 Å². The Kier molecular flexibility index (Phi) is 5.16. The van der Waals surface area contributed by atoms with Crippen molar-refractivity contribution < 1.29 is 29.7 Å². The summed E-state index contributed by atoms with van der Waals surface area (Å²) in [6, 6.07) is 10.0. The Labute approximate surface area is 137 Å². The van der Waals surface area contributed by atoms with Crippen LogP contribution in [0.4, 0.5) is 0 Å². The number of phenols is 1. The molecule has 24 heavy (non-hydrogen) atoms. The molecule has 0 saturated heterocycles. The fraction of sp³-hybridized carbons (Fsp3) is 0.118. The molecule has 2 aromatic carbocycles. The lowest BCUT2D eigenvalue weighted by molar-refractivity contribution is -0.139. The van der Waals surface area contributed by atoms with Gasteiger partial charge in [-0.25, -0.2) is 9.59 Å². The summed E-state index contributed by atoms with van der Waals surface area (Å²) in [6.45, 7) is 0. The topological polar surface area (TPSA) is 124 Å². The standard InChI is InChI=1S/C17H15NO6/c19-13-7-1-10(2-8-13)9-14(17(23)24)18-15(20)11-3-5-12(6-4-11)16(21)22/h1-8,14,19H,9H2,(H,18,20)(H,21,22)(H,23,24)/t14-/m0/s1. The van der Waals surface area contributed by atoms with Gasteiger partial charge in [-0.15, -0.1) is 0 Å². The number of amides is 1. The molecule has 7 heteroatoms. The Morgan fingerprint density at radius 3 is 1.92 bits per heavy atom. The van der Waals surface area contributed by atoms with Crippen LogP contribution < -0.4 is 5.32 Å². The van der Waals surface area contributed by atoms with Gasteiger partial charge in [0.25, 0.3) is 5.91 Å². The lowest BCUT2D eigenvalue weighted by atomic mass is 10.0. The highest BCUT2D eigenvalue weighted by atomic mass is 16.4. The van der Waals surface area contributed by atoms with E-state index in [9.17, 15) is 24.6 Å². The molecule has 0 bridgehead atoms. The lowest BCUT2D eigenvalue weighted by Gasteiger charge is -2.15. The predicted octanol–water partition coefficient (Wildman–Crippen LogP) is 1.52. The zero-order valence-electron chi connectivity index (χ0n) is 12.5. The zero-order chi connectivity index (χ0) is 17.7. The molecule has 0 radical (unpaired) electrons. The number of carboxylic acid groups (broad SMARTS) is 2. The van der Waals surface area contributed by atoms with Crippen LogP contribution in [0.15, 0.2) is 48.5 Å². The number of aromatic hydroxyl groups is 1. The predicted molar refractivity (Wildman–Crippen MR) is 84.1 cm³/mol. The molecule has 2 aromatic rings. The van der Waals surface area contributed by atoms with Crippen LogP contribution in [0.2, 0.25) is 0 Å². The van der Waals surface area contributed by atoms with Crippen molar-refractivity contribution in [3.05, 3.63) is 65.2 Å². The van der Waals surface area contributed by atoms with Gasteiger partial charge < -0.3 is 20.6 Å². The Hall–Kier alpha value is -3.35. The largest absolute Gasteiger partial charge is 0.508 e. The molecular formula is C17H15NO6. The van der Waals surface area contributed by atoms with Crippen molar-refractivity contribution in [1.82, 2.24) is 5.32 Å². The molecule has 0 aliphatic carbocycles. The van der Waals surface area contributed by atoms with Gasteiger partial charge in [0.1, 0.15) is 11.8 Å². The Balaban J connectivity index is 2.09. The second-order valence-corrected chi connectivity index (χ2v) is 5.12. The van der Waals surface area contributed by atoms with Crippen molar-refractivity contribution in [3.63, 3.8) is 0 Å². The number of carbonyl (C=O) groups is 3. The Morgan fingerprint density at radius 1 is 0.875 bits per heavy atom. The maximum atomic E-state index is 12.1. The maximum Gasteiger partial charge on any atom is 0.335 e. The Morgan fingerprint density at radius 2 is 1.42 bits per heavy atom. The SMILES string of the molecule is O=C(O)c1ccc(C(=O)N[C@@H](Cc2ccc(O)cc2)C(=O)O)cc1. The van der Waals surface area contributed by atoms with Gasteiger partial charge in [0.05, 0.1) is 5.56 Å². The van der Waals surface area contributed by atoms with Crippen LogP contribution in [0, 0.1) is 0 Å². The number of rotatable bonds is 6. The summed E-state index contributed by atoms with van der Waals surface area (Å²) in [6.07, 6.45) is 0.0502. The summed E-state index contributed by atoms with van der Waals surface area (Å²) in [7, 11) is 0. The second kappa shape index (κ2) is 7.28. The number of carbonyl (C=O) groups excluding carboxylic acids is 1. The number of benzene rings is 2. The van der Waals surface area contributed by atoms with Gasteiger partial charge in [-0.2, -0.15) is 0 Å². The van der Waals surface area contributed by atoms with E-state index in [0.29, 0.717) is 5.56 Å². The molecule has 0 aromatic heterocycles. The molecule has 1 atom stereocenters. The summed E-state index contributed by atoms with van der Waals surface area (Å²) < 4.78 is 0. The van der Waals surface area contributed by atoms with Crippen LogP contribution in [-0.4, -0.2) is 39.2 Å².